The molecule has 0 atom stereocenters. The van der Waals surface area contributed by atoms with E-state index in [2.05, 4.69) is 5.32 Å². The van der Waals surface area contributed by atoms with Crippen molar-refractivity contribution in [2.75, 3.05) is 5.32 Å². The van der Waals surface area contributed by atoms with Crippen molar-refractivity contribution in [3.8, 4) is 0 Å². The van der Waals surface area contributed by atoms with Gasteiger partial charge in [-0.05, 0) is 23.6 Å². The van der Waals surface area contributed by atoms with Crippen molar-refractivity contribution >= 4 is 22.4 Å². The Bertz CT molecular complexity index is 646. The zero-order valence-corrected chi connectivity index (χ0v) is 8.43. The summed E-state index contributed by atoms with van der Waals surface area (Å²) in [6.45, 7) is 0. The molecule has 0 aromatic heterocycles. The van der Waals surface area contributed by atoms with Gasteiger partial charge in [-0.2, -0.15) is 13.2 Å². The number of carbonyl (C=O) groups excluding carboxylic acids is 1. The third-order valence-corrected chi connectivity index (χ3v) is 2.84. The van der Waals surface area contributed by atoms with Crippen molar-refractivity contribution in [3.63, 3.8) is 0 Å². The molecule has 0 aliphatic carbocycles. The summed E-state index contributed by atoms with van der Waals surface area (Å²) < 4.78 is 38.4. The Kier molecular flexibility index (Phi) is 1.79. The fraction of sp³-hybridized carbons (Fsp3) is 0.0833. The van der Waals surface area contributed by atoms with Crippen LogP contribution in [0.15, 0.2) is 30.3 Å². The molecule has 0 saturated heterocycles. The van der Waals surface area contributed by atoms with E-state index in [9.17, 15) is 18.0 Å². The van der Waals surface area contributed by atoms with Crippen LogP contribution in [0, 0.1) is 0 Å². The quantitative estimate of drug-likeness (QED) is 0.747. The van der Waals surface area contributed by atoms with Crippen LogP contribution in [0.2, 0.25) is 0 Å². The Hall–Kier alpha value is -2.04. The largest absolute Gasteiger partial charge is 0.417 e. The van der Waals surface area contributed by atoms with Crippen LogP contribution >= 0.6 is 0 Å². The summed E-state index contributed by atoms with van der Waals surface area (Å²) in [5.74, 6) is -0.357. The summed E-state index contributed by atoms with van der Waals surface area (Å²) in [5, 5.41) is 2.96. The standard InChI is InChI=1S/C12H6F3NO/c13-12(14,15)8-4-5-9-10-6(8)2-1-3-7(10)11(17)16-9/h1-5H,(H,16,17). The molecule has 2 nitrogen and oxygen atoms in total. The van der Waals surface area contributed by atoms with Gasteiger partial charge in [-0.25, -0.2) is 0 Å². The third kappa shape index (κ3) is 1.32. The number of amides is 1. The molecule has 5 heteroatoms. The second-order valence-corrected chi connectivity index (χ2v) is 3.84. The summed E-state index contributed by atoms with van der Waals surface area (Å²) >= 11 is 0. The number of alkyl halides is 3. The van der Waals surface area contributed by atoms with Crippen LogP contribution in [0.25, 0.3) is 10.8 Å². The summed E-state index contributed by atoms with van der Waals surface area (Å²) in [6, 6.07) is 6.65. The van der Waals surface area contributed by atoms with Crippen LogP contribution in [0.3, 0.4) is 0 Å². The van der Waals surface area contributed by atoms with Crippen LogP contribution in [0.1, 0.15) is 15.9 Å². The van der Waals surface area contributed by atoms with Crippen LogP contribution in [0.5, 0.6) is 0 Å². The first-order chi connectivity index (χ1) is 7.98. The first kappa shape index (κ1) is 10.1. The molecule has 0 radical (unpaired) electrons. The predicted octanol–water partition coefficient (Wildman–Crippen LogP) is 3.42. The molecular weight excluding hydrogens is 231 g/mol. The van der Waals surface area contributed by atoms with Crippen LogP contribution in [-0.4, -0.2) is 5.91 Å². The molecule has 0 fully saturated rings. The molecule has 1 aliphatic heterocycles. The molecule has 1 amide bonds. The molecule has 0 bridgehead atoms. The summed E-state index contributed by atoms with van der Waals surface area (Å²) in [7, 11) is 0. The highest BCUT2D eigenvalue weighted by Gasteiger charge is 2.34. The highest BCUT2D eigenvalue weighted by atomic mass is 19.4. The molecule has 1 heterocycles. The highest BCUT2D eigenvalue weighted by molar-refractivity contribution is 6.24. The zero-order chi connectivity index (χ0) is 12.2. The van der Waals surface area contributed by atoms with E-state index in [1.165, 1.54) is 24.3 Å². The minimum atomic E-state index is -4.41. The lowest BCUT2D eigenvalue weighted by atomic mass is 10.0. The normalized spacial score (nSPS) is 14.2. The maximum absolute atomic E-state index is 12.8. The molecule has 2 aromatic carbocycles. The second kappa shape index (κ2) is 3.00. The summed E-state index contributed by atoms with van der Waals surface area (Å²) in [5.41, 5.74) is 0.0202. The van der Waals surface area contributed by atoms with E-state index in [0.717, 1.165) is 6.07 Å². The van der Waals surface area contributed by atoms with Gasteiger partial charge in [-0.3, -0.25) is 4.79 Å². The number of nitrogens with one attached hydrogen (secondary N) is 1. The maximum atomic E-state index is 12.8. The van der Waals surface area contributed by atoms with E-state index in [1.807, 2.05) is 0 Å². The number of halogens is 3. The van der Waals surface area contributed by atoms with E-state index in [0.29, 0.717) is 16.6 Å². The van der Waals surface area contributed by atoms with Crippen molar-refractivity contribution in [3.05, 3.63) is 41.5 Å². The van der Waals surface area contributed by atoms with Gasteiger partial charge in [0.25, 0.3) is 5.91 Å². The lowest BCUT2D eigenvalue weighted by Crippen LogP contribution is -2.05. The first-order valence-electron chi connectivity index (χ1n) is 4.93. The van der Waals surface area contributed by atoms with Gasteiger partial charge in [0.05, 0.1) is 5.56 Å². The van der Waals surface area contributed by atoms with E-state index in [-0.39, 0.29) is 11.3 Å². The van der Waals surface area contributed by atoms with Gasteiger partial charge in [0, 0.05) is 16.6 Å². The van der Waals surface area contributed by atoms with Gasteiger partial charge in [-0.15, -0.1) is 0 Å². The Morgan fingerprint density at radius 1 is 1.06 bits per heavy atom. The van der Waals surface area contributed by atoms with E-state index >= 15 is 0 Å². The SMILES string of the molecule is O=C1Nc2ccc(C(F)(F)F)c3cccc1c23. The number of rotatable bonds is 0. The van der Waals surface area contributed by atoms with Gasteiger partial charge >= 0.3 is 6.18 Å². The topological polar surface area (TPSA) is 29.1 Å². The second-order valence-electron chi connectivity index (χ2n) is 3.84. The molecule has 0 spiro atoms. The molecule has 0 saturated carbocycles. The van der Waals surface area contributed by atoms with Crippen molar-refractivity contribution in [2.24, 2.45) is 0 Å². The Morgan fingerprint density at radius 3 is 2.53 bits per heavy atom. The van der Waals surface area contributed by atoms with Gasteiger partial charge < -0.3 is 5.32 Å². The lowest BCUT2D eigenvalue weighted by molar-refractivity contribution is -0.136. The maximum Gasteiger partial charge on any atom is 0.417 e. The van der Waals surface area contributed by atoms with Crippen molar-refractivity contribution in [1.29, 1.82) is 0 Å². The average molecular weight is 237 g/mol. The van der Waals surface area contributed by atoms with Gasteiger partial charge in [0.2, 0.25) is 0 Å². The molecule has 2 aromatic rings. The zero-order valence-electron chi connectivity index (χ0n) is 8.43. The number of benzene rings is 2. The molecule has 1 aliphatic rings. The summed E-state index contributed by atoms with van der Waals surface area (Å²) in [4.78, 5) is 11.5. The minimum Gasteiger partial charge on any atom is -0.321 e. The van der Waals surface area contributed by atoms with Gasteiger partial charge in [-0.1, -0.05) is 12.1 Å². The van der Waals surface area contributed by atoms with Gasteiger partial charge in [0.15, 0.2) is 0 Å². The third-order valence-electron chi connectivity index (χ3n) is 2.84. The molecule has 0 unspecified atom stereocenters. The van der Waals surface area contributed by atoms with Gasteiger partial charge in [0.1, 0.15) is 0 Å². The highest BCUT2D eigenvalue weighted by Crippen LogP contribution is 2.40. The fourth-order valence-corrected chi connectivity index (χ4v) is 2.14. The van der Waals surface area contributed by atoms with Crippen LogP contribution < -0.4 is 5.32 Å². The van der Waals surface area contributed by atoms with Crippen molar-refractivity contribution in [1.82, 2.24) is 0 Å². The molecule has 17 heavy (non-hydrogen) atoms. The Labute approximate surface area is 94.0 Å². The van der Waals surface area contributed by atoms with Crippen LogP contribution in [0.4, 0.5) is 18.9 Å². The predicted molar refractivity (Wildman–Crippen MR) is 56.9 cm³/mol. The van der Waals surface area contributed by atoms with E-state index in [4.69, 9.17) is 0 Å². The molecule has 86 valence electrons. The molecule has 1 N–H and O–H groups in total. The minimum absolute atomic E-state index is 0.0610. The number of carbonyl (C=O) groups is 1. The number of anilines is 1. The van der Waals surface area contributed by atoms with Crippen LogP contribution in [-0.2, 0) is 6.18 Å². The molecular formula is C12H6F3NO. The Morgan fingerprint density at radius 2 is 1.82 bits per heavy atom. The summed E-state index contributed by atoms with van der Waals surface area (Å²) in [6.07, 6.45) is -4.41. The average Bonchev–Trinajstić information content (AvgIpc) is 2.57. The van der Waals surface area contributed by atoms with E-state index < -0.39 is 11.7 Å². The monoisotopic (exact) mass is 237 g/mol. The van der Waals surface area contributed by atoms with Crippen molar-refractivity contribution in [2.45, 2.75) is 6.18 Å². The number of hydrogen-bond acceptors (Lipinski definition) is 1. The number of hydrogen-bond donors (Lipinski definition) is 1. The fourth-order valence-electron chi connectivity index (χ4n) is 2.14. The lowest BCUT2D eigenvalue weighted by Gasteiger charge is -2.10. The van der Waals surface area contributed by atoms with E-state index in [1.54, 1.807) is 0 Å². The smallest absolute Gasteiger partial charge is 0.321 e. The Balaban J connectivity index is 2.45. The molecule has 3 rings (SSSR count). The first-order valence-corrected chi connectivity index (χ1v) is 4.93. The van der Waals surface area contributed by atoms with Crippen molar-refractivity contribution < 1.29 is 18.0 Å².